The van der Waals surface area contributed by atoms with Crippen LogP contribution in [-0.2, 0) is 0 Å². The van der Waals surface area contributed by atoms with Crippen molar-refractivity contribution in [3.8, 4) is 5.82 Å². The molecule has 7 heteroatoms. The summed E-state index contributed by atoms with van der Waals surface area (Å²) in [4.78, 5) is 15.1. The molecule has 0 spiro atoms. The van der Waals surface area contributed by atoms with Gasteiger partial charge in [0.05, 0.1) is 16.1 Å². The van der Waals surface area contributed by atoms with Gasteiger partial charge >= 0.3 is 5.97 Å². The van der Waals surface area contributed by atoms with Gasteiger partial charge in [-0.25, -0.2) is 9.78 Å². The van der Waals surface area contributed by atoms with E-state index in [4.69, 9.17) is 16.7 Å². The van der Waals surface area contributed by atoms with Crippen molar-refractivity contribution in [1.82, 2.24) is 20.0 Å². The highest BCUT2D eigenvalue weighted by Gasteiger charge is 2.17. The molecule has 3 rings (SSSR count). The Balaban J connectivity index is 2.28. The first-order chi connectivity index (χ1) is 9.18. The number of carboxylic acid groups (broad SMARTS) is 1. The molecule has 6 nitrogen and oxygen atoms in total. The maximum Gasteiger partial charge on any atom is 0.337 e. The SMILES string of the molecule is O=C(O)c1ccnc(-n2nnc3ccccc32)c1Cl. The number of carbonyl (C=O) groups is 1. The lowest BCUT2D eigenvalue weighted by Crippen LogP contribution is -2.05. The lowest BCUT2D eigenvalue weighted by molar-refractivity contribution is 0.0697. The fraction of sp³-hybridized carbons (Fsp3) is 0. The molecule has 2 aromatic heterocycles. The van der Waals surface area contributed by atoms with Gasteiger partial charge in [-0.15, -0.1) is 5.10 Å². The van der Waals surface area contributed by atoms with Crippen LogP contribution in [0.2, 0.25) is 5.02 Å². The third-order valence-electron chi connectivity index (χ3n) is 2.65. The van der Waals surface area contributed by atoms with Crippen LogP contribution in [0.3, 0.4) is 0 Å². The summed E-state index contributed by atoms with van der Waals surface area (Å²) in [5, 5.41) is 17.0. The van der Waals surface area contributed by atoms with E-state index in [9.17, 15) is 4.79 Å². The second kappa shape index (κ2) is 4.33. The molecule has 19 heavy (non-hydrogen) atoms. The highest BCUT2D eigenvalue weighted by molar-refractivity contribution is 6.35. The minimum absolute atomic E-state index is 0.0220. The van der Waals surface area contributed by atoms with Crippen LogP contribution in [0.4, 0.5) is 0 Å². The van der Waals surface area contributed by atoms with Gasteiger partial charge in [0.2, 0.25) is 0 Å². The number of para-hydroxylation sites is 1. The van der Waals surface area contributed by atoms with Crippen molar-refractivity contribution in [3.63, 3.8) is 0 Å². The zero-order valence-electron chi connectivity index (χ0n) is 9.49. The molecule has 0 amide bonds. The van der Waals surface area contributed by atoms with E-state index >= 15 is 0 Å². The molecule has 94 valence electrons. The van der Waals surface area contributed by atoms with Gasteiger partial charge < -0.3 is 5.11 Å². The molecular formula is C12H7ClN4O2. The zero-order chi connectivity index (χ0) is 13.4. The highest BCUT2D eigenvalue weighted by atomic mass is 35.5. The summed E-state index contributed by atoms with van der Waals surface area (Å²) in [5.41, 5.74) is 1.37. The van der Waals surface area contributed by atoms with Gasteiger partial charge in [0, 0.05) is 6.20 Å². The van der Waals surface area contributed by atoms with Crippen LogP contribution in [0.1, 0.15) is 10.4 Å². The predicted molar refractivity (Wildman–Crippen MR) is 68.6 cm³/mol. The Labute approximate surface area is 112 Å². The summed E-state index contributed by atoms with van der Waals surface area (Å²) in [6.07, 6.45) is 1.38. The Morgan fingerprint density at radius 1 is 1.26 bits per heavy atom. The summed E-state index contributed by atoms with van der Waals surface area (Å²) in [5.74, 6) is -0.867. The van der Waals surface area contributed by atoms with Crippen molar-refractivity contribution < 1.29 is 9.90 Å². The molecule has 0 radical (unpaired) electrons. The number of fused-ring (bicyclic) bond motifs is 1. The van der Waals surface area contributed by atoms with Crippen LogP contribution in [0.15, 0.2) is 36.5 Å². The molecule has 0 atom stereocenters. The molecule has 1 aromatic carbocycles. The van der Waals surface area contributed by atoms with Crippen LogP contribution < -0.4 is 0 Å². The number of hydrogen-bond acceptors (Lipinski definition) is 4. The maximum atomic E-state index is 11.0. The minimum Gasteiger partial charge on any atom is -0.478 e. The Hall–Kier alpha value is -2.47. The van der Waals surface area contributed by atoms with Crippen LogP contribution in [0, 0.1) is 0 Å². The van der Waals surface area contributed by atoms with Crippen molar-refractivity contribution in [1.29, 1.82) is 0 Å². The van der Waals surface area contributed by atoms with Crippen molar-refractivity contribution in [2.45, 2.75) is 0 Å². The minimum atomic E-state index is -1.11. The number of hydrogen-bond donors (Lipinski definition) is 1. The second-order valence-electron chi connectivity index (χ2n) is 3.79. The molecule has 0 fully saturated rings. The molecule has 3 aromatic rings. The van der Waals surface area contributed by atoms with Crippen molar-refractivity contribution >= 4 is 28.6 Å². The Kier molecular flexibility index (Phi) is 2.64. The number of nitrogens with zero attached hydrogens (tertiary/aromatic N) is 4. The van der Waals surface area contributed by atoms with E-state index < -0.39 is 5.97 Å². The number of aromatic carboxylic acids is 1. The predicted octanol–water partition coefficient (Wildman–Crippen LogP) is 2.17. The van der Waals surface area contributed by atoms with Crippen LogP contribution in [0.25, 0.3) is 16.9 Å². The fourth-order valence-electron chi connectivity index (χ4n) is 1.77. The lowest BCUT2D eigenvalue weighted by Gasteiger charge is -2.05. The van der Waals surface area contributed by atoms with E-state index in [0.29, 0.717) is 11.0 Å². The molecule has 0 bridgehead atoms. The number of carboxylic acids is 1. The number of rotatable bonds is 2. The average molecular weight is 275 g/mol. The number of pyridine rings is 1. The summed E-state index contributed by atoms with van der Waals surface area (Å²) >= 11 is 6.06. The summed E-state index contributed by atoms with van der Waals surface area (Å²) in [6.45, 7) is 0. The van der Waals surface area contributed by atoms with E-state index in [1.165, 1.54) is 16.9 Å². The fourth-order valence-corrected chi connectivity index (χ4v) is 2.04. The van der Waals surface area contributed by atoms with E-state index in [0.717, 1.165) is 0 Å². The van der Waals surface area contributed by atoms with Gasteiger partial charge in [-0.05, 0) is 18.2 Å². The maximum absolute atomic E-state index is 11.0. The Bertz CT molecular complexity index is 784. The van der Waals surface area contributed by atoms with Crippen molar-refractivity contribution in [2.24, 2.45) is 0 Å². The topological polar surface area (TPSA) is 80.9 Å². The first-order valence-electron chi connectivity index (χ1n) is 5.37. The first-order valence-corrected chi connectivity index (χ1v) is 5.75. The summed E-state index contributed by atoms with van der Waals surface area (Å²) < 4.78 is 1.42. The molecular weight excluding hydrogens is 268 g/mol. The number of halogens is 1. The largest absolute Gasteiger partial charge is 0.478 e. The molecule has 0 aliphatic heterocycles. The van der Waals surface area contributed by atoms with Crippen LogP contribution in [0.5, 0.6) is 0 Å². The molecule has 0 saturated carbocycles. The average Bonchev–Trinajstić information content (AvgIpc) is 2.82. The lowest BCUT2D eigenvalue weighted by atomic mass is 10.2. The van der Waals surface area contributed by atoms with Gasteiger partial charge in [-0.3, -0.25) is 0 Å². The van der Waals surface area contributed by atoms with Gasteiger partial charge in [-0.2, -0.15) is 4.68 Å². The quantitative estimate of drug-likeness (QED) is 0.774. The molecule has 2 heterocycles. The number of benzene rings is 1. The van der Waals surface area contributed by atoms with Crippen LogP contribution in [-0.4, -0.2) is 31.1 Å². The van der Waals surface area contributed by atoms with Gasteiger partial charge in [0.25, 0.3) is 0 Å². The first kappa shape index (κ1) is 11.6. The summed E-state index contributed by atoms with van der Waals surface area (Å²) in [7, 11) is 0. The summed E-state index contributed by atoms with van der Waals surface area (Å²) in [6, 6.07) is 8.61. The van der Waals surface area contributed by atoms with E-state index in [2.05, 4.69) is 15.3 Å². The zero-order valence-corrected chi connectivity index (χ0v) is 10.2. The van der Waals surface area contributed by atoms with Crippen molar-refractivity contribution in [2.75, 3.05) is 0 Å². The van der Waals surface area contributed by atoms with Gasteiger partial charge in [0.15, 0.2) is 5.82 Å². The third-order valence-corrected chi connectivity index (χ3v) is 3.03. The molecule has 0 aliphatic carbocycles. The smallest absolute Gasteiger partial charge is 0.337 e. The molecule has 1 N–H and O–H groups in total. The molecule has 0 saturated heterocycles. The van der Waals surface area contributed by atoms with Gasteiger partial charge in [0.1, 0.15) is 5.52 Å². The Morgan fingerprint density at radius 3 is 2.84 bits per heavy atom. The molecule has 0 aliphatic rings. The molecule has 0 unspecified atom stereocenters. The standard InChI is InChI=1S/C12H7ClN4O2/c13-10-7(12(18)19)5-6-14-11(10)17-9-4-2-1-3-8(9)15-16-17/h1-6H,(H,18,19). The monoisotopic (exact) mass is 274 g/mol. The van der Waals surface area contributed by atoms with E-state index in [1.807, 2.05) is 12.1 Å². The second-order valence-corrected chi connectivity index (χ2v) is 4.17. The third kappa shape index (κ3) is 1.82. The highest BCUT2D eigenvalue weighted by Crippen LogP contribution is 2.24. The Morgan fingerprint density at radius 2 is 2.05 bits per heavy atom. The van der Waals surface area contributed by atoms with Crippen LogP contribution >= 0.6 is 11.6 Å². The van der Waals surface area contributed by atoms with Crippen molar-refractivity contribution in [3.05, 3.63) is 47.1 Å². The number of aromatic nitrogens is 4. The van der Waals surface area contributed by atoms with E-state index in [-0.39, 0.29) is 16.4 Å². The van der Waals surface area contributed by atoms with E-state index in [1.54, 1.807) is 12.1 Å². The normalized spacial score (nSPS) is 10.8. The van der Waals surface area contributed by atoms with Gasteiger partial charge in [-0.1, -0.05) is 28.9 Å².